The molecule has 0 fully saturated rings. The summed E-state index contributed by atoms with van der Waals surface area (Å²) in [6.45, 7) is 4.27. The maximum atomic E-state index is 11.8. The molecule has 0 heterocycles. The third-order valence-corrected chi connectivity index (χ3v) is 2.97. The highest BCUT2D eigenvalue weighted by Gasteiger charge is 2.19. The topological polar surface area (TPSA) is 63.6 Å². The van der Waals surface area contributed by atoms with Gasteiger partial charge in [-0.15, -0.1) is 0 Å². The number of hydrogen-bond donors (Lipinski definition) is 1. The van der Waals surface area contributed by atoms with E-state index in [9.17, 15) is 9.59 Å². The second-order valence-electron chi connectivity index (χ2n) is 5.44. The Morgan fingerprint density at radius 2 is 1.80 bits per heavy atom. The Labute approximate surface area is 119 Å². The van der Waals surface area contributed by atoms with Crippen molar-refractivity contribution >= 4 is 11.9 Å². The number of esters is 1. The largest absolute Gasteiger partial charge is 0.481 e. The van der Waals surface area contributed by atoms with Crippen LogP contribution in [0, 0.1) is 11.8 Å². The van der Waals surface area contributed by atoms with E-state index in [2.05, 4.69) is 0 Å². The van der Waals surface area contributed by atoms with Gasteiger partial charge in [-0.05, 0) is 23.8 Å². The Bertz CT molecular complexity index is 425. The molecule has 1 atom stereocenters. The summed E-state index contributed by atoms with van der Waals surface area (Å²) >= 11 is 0. The first kappa shape index (κ1) is 16.2. The van der Waals surface area contributed by atoms with Crippen molar-refractivity contribution in [1.29, 1.82) is 0 Å². The van der Waals surface area contributed by atoms with Gasteiger partial charge >= 0.3 is 11.9 Å². The third-order valence-electron chi connectivity index (χ3n) is 2.97. The van der Waals surface area contributed by atoms with Crippen molar-refractivity contribution in [2.75, 3.05) is 0 Å². The van der Waals surface area contributed by atoms with Crippen LogP contribution in [0.25, 0.3) is 0 Å². The van der Waals surface area contributed by atoms with Gasteiger partial charge in [0.1, 0.15) is 6.61 Å². The van der Waals surface area contributed by atoms with E-state index in [-0.39, 0.29) is 31.3 Å². The van der Waals surface area contributed by atoms with Gasteiger partial charge in [-0.3, -0.25) is 9.59 Å². The van der Waals surface area contributed by atoms with Crippen LogP contribution in [0.3, 0.4) is 0 Å². The number of rotatable bonds is 8. The van der Waals surface area contributed by atoms with Crippen molar-refractivity contribution in [3.63, 3.8) is 0 Å². The average Bonchev–Trinajstić information content (AvgIpc) is 2.36. The molecule has 0 spiro atoms. The fourth-order valence-corrected chi connectivity index (χ4v) is 2.19. The molecule has 0 saturated carbocycles. The Morgan fingerprint density at radius 3 is 2.35 bits per heavy atom. The van der Waals surface area contributed by atoms with Crippen LogP contribution in [-0.4, -0.2) is 17.0 Å². The maximum Gasteiger partial charge on any atom is 0.306 e. The van der Waals surface area contributed by atoms with Gasteiger partial charge in [-0.2, -0.15) is 0 Å². The highest BCUT2D eigenvalue weighted by Crippen LogP contribution is 2.20. The van der Waals surface area contributed by atoms with Crippen molar-refractivity contribution in [3.05, 3.63) is 35.9 Å². The van der Waals surface area contributed by atoms with Gasteiger partial charge < -0.3 is 9.84 Å². The highest BCUT2D eigenvalue weighted by molar-refractivity contribution is 5.72. The van der Waals surface area contributed by atoms with E-state index in [0.29, 0.717) is 12.3 Å². The number of benzene rings is 1. The first-order valence-electron chi connectivity index (χ1n) is 6.88. The van der Waals surface area contributed by atoms with Gasteiger partial charge in [0, 0.05) is 12.8 Å². The molecule has 110 valence electrons. The molecule has 0 aliphatic rings. The van der Waals surface area contributed by atoms with Crippen LogP contribution in [-0.2, 0) is 20.9 Å². The average molecular weight is 278 g/mol. The van der Waals surface area contributed by atoms with E-state index in [1.54, 1.807) is 0 Å². The van der Waals surface area contributed by atoms with Crippen LogP contribution in [0.15, 0.2) is 30.3 Å². The zero-order chi connectivity index (χ0) is 15.0. The smallest absolute Gasteiger partial charge is 0.306 e. The zero-order valence-electron chi connectivity index (χ0n) is 12.0. The number of carboxylic acid groups (broad SMARTS) is 1. The molecule has 0 aromatic heterocycles. The van der Waals surface area contributed by atoms with Crippen molar-refractivity contribution in [1.82, 2.24) is 0 Å². The van der Waals surface area contributed by atoms with Gasteiger partial charge in [0.05, 0.1) is 0 Å². The molecule has 1 unspecified atom stereocenters. The standard InChI is InChI=1S/C16H22O4/c1-12(2)8-14(9-15(17)18)10-16(19)20-11-13-6-4-3-5-7-13/h3-7,12,14H,8-11H2,1-2H3,(H,17,18). The van der Waals surface area contributed by atoms with Crippen LogP contribution in [0.4, 0.5) is 0 Å². The fraction of sp³-hybridized carbons (Fsp3) is 0.500. The molecule has 0 saturated heterocycles. The van der Waals surface area contributed by atoms with Gasteiger partial charge in [0.15, 0.2) is 0 Å². The van der Waals surface area contributed by atoms with Crippen molar-refractivity contribution in [2.24, 2.45) is 11.8 Å². The summed E-state index contributed by atoms with van der Waals surface area (Å²) in [5.74, 6) is -0.996. The van der Waals surface area contributed by atoms with Crippen LogP contribution < -0.4 is 0 Å². The van der Waals surface area contributed by atoms with E-state index in [0.717, 1.165) is 5.56 Å². The van der Waals surface area contributed by atoms with E-state index < -0.39 is 5.97 Å². The van der Waals surface area contributed by atoms with E-state index in [1.165, 1.54) is 0 Å². The van der Waals surface area contributed by atoms with Crippen LogP contribution in [0.1, 0.15) is 38.7 Å². The summed E-state index contributed by atoms with van der Waals surface area (Å²) in [7, 11) is 0. The quantitative estimate of drug-likeness (QED) is 0.741. The number of carbonyl (C=O) groups is 2. The minimum Gasteiger partial charge on any atom is -0.481 e. The minimum absolute atomic E-state index is 0.0125. The van der Waals surface area contributed by atoms with Gasteiger partial charge in [-0.25, -0.2) is 0 Å². The van der Waals surface area contributed by atoms with E-state index in [1.807, 2.05) is 44.2 Å². The molecule has 4 nitrogen and oxygen atoms in total. The first-order valence-corrected chi connectivity index (χ1v) is 6.88. The van der Waals surface area contributed by atoms with Crippen molar-refractivity contribution < 1.29 is 19.4 Å². The lowest BCUT2D eigenvalue weighted by Crippen LogP contribution is -2.16. The summed E-state index contributed by atoms with van der Waals surface area (Å²) in [6, 6.07) is 9.44. The van der Waals surface area contributed by atoms with E-state index >= 15 is 0 Å². The predicted molar refractivity (Wildman–Crippen MR) is 76.1 cm³/mol. The normalized spacial score (nSPS) is 12.2. The third kappa shape index (κ3) is 6.92. The summed E-state index contributed by atoms with van der Waals surface area (Å²) in [5.41, 5.74) is 0.930. The highest BCUT2D eigenvalue weighted by atomic mass is 16.5. The second kappa shape index (κ2) is 8.35. The predicted octanol–water partition coefficient (Wildman–Crippen LogP) is 3.26. The Balaban J connectivity index is 2.42. The molecule has 1 N–H and O–H groups in total. The lowest BCUT2D eigenvalue weighted by molar-refractivity contribution is -0.147. The van der Waals surface area contributed by atoms with Crippen LogP contribution >= 0.6 is 0 Å². The molecular weight excluding hydrogens is 256 g/mol. The first-order chi connectivity index (χ1) is 9.47. The maximum absolute atomic E-state index is 11.8. The molecule has 0 radical (unpaired) electrons. The van der Waals surface area contributed by atoms with Gasteiger partial charge in [0.25, 0.3) is 0 Å². The zero-order valence-corrected chi connectivity index (χ0v) is 12.0. The summed E-state index contributed by atoms with van der Waals surface area (Å²) in [5, 5.41) is 8.87. The fourth-order valence-electron chi connectivity index (χ4n) is 2.19. The Kier molecular flexibility index (Phi) is 6.77. The molecule has 20 heavy (non-hydrogen) atoms. The van der Waals surface area contributed by atoms with Crippen molar-refractivity contribution in [3.8, 4) is 0 Å². The lowest BCUT2D eigenvalue weighted by Gasteiger charge is -2.16. The summed E-state index contributed by atoms with van der Waals surface area (Å²) in [6.07, 6.45) is 0.892. The minimum atomic E-state index is -0.869. The lowest BCUT2D eigenvalue weighted by atomic mass is 9.91. The monoisotopic (exact) mass is 278 g/mol. The van der Waals surface area contributed by atoms with Crippen LogP contribution in [0.5, 0.6) is 0 Å². The molecule has 4 heteroatoms. The molecule has 0 aliphatic heterocycles. The Morgan fingerprint density at radius 1 is 1.15 bits per heavy atom. The number of hydrogen-bond acceptors (Lipinski definition) is 3. The van der Waals surface area contributed by atoms with E-state index in [4.69, 9.17) is 9.84 Å². The number of carbonyl (C=O) groups excluding carboxylic acids is 1. The molecule has 1 rings (SSSR count). The number of aliphatic carboxylic acids is 1. The Hall–Kier alpha value is -1.84. The molecule has 1 aromatic rings. The molecule has 0 amide bonds. The number of carboxylic acids is 1. The van der Waals surface area contributed by atoms with Gasteiger partial charge in [0.2, 0.25) is 0 Å². The van der Waals surface area contributed by atoms with Crippen molar-refractivity contribution in [2.45, 2.75) is 39.7 Å². The molecule has 0 bridgehead atoms. The molecule has 0 aliphatic carbocycles. The molecular formula is C16H22O4. The SMILES string of the molecule is CC(C)CC(CC(=O)O)CC(=O)OCc1ccccc1. The summed E-state index contributed by atoms with van der Waals surface area (Å²) in [4.78, 5) is 22.6. The second-order valence-corrected chi connectivity index (χ2v) is 5.44. The molecule has 1 aromatic carbocycles. The summed E-state index contributed by atoms with van der Waals surface area (Å²) < 4.78 is 5.19. The number of ether oxygens (including phenoxy) is 1. The van der Waals surface area contributed by atoms with Crippen LogP contribution in [0.2, 0.25) is 0 Å². The van der Waals surface area contributed by atoms with Gasteiger partial charge in [-0.1, -0.05) is 44.2 Å².